The quantitative estimate of drug-likeness (QED) is 0.882. The van der Waals surface area contributed by atoms with Gasteiger partial charge in [0.2, 0.25) is 0 Å². The predicted molar refractivity (Wildman–Crippen MR) is 81.3 cm³/mol. The van der Waals surface area contributed by atoms with Gasteiger partial charge in [-0.05, 0) is 30.0 Å². The number of nitrogens with zero attached hydrogens (tertiary/aromatic N) is 3. The molecule has 0 saturated heterocycles. The Kier molecular flexibility index (Phi) is 5.10. The van der Waals surface area contributed by atoms with Crippen LogP contribution < -0.4 is 10.1 Å². The van der Waals surface area contributed by atoms with Gasteiger partial charge in [-0.15, -0.1) is 0 Å². The summed E-state index contributed by atoms with van der Waals surface area (Å²) in [4.78, 5) is 8.10. The van der Waals surface area contributed by atoms with Crippen molar-refractivity contribution in [3.63, 3.8) is 0 Å². The van der Waals surface area contributed by atoms with Gasteiger partial charge in [-0.25, -0.2) is 9.97 Å². The van der Waals surface area contributed by atoms with E-state index in [1.807, 2.05) is 18.2 Å². The van der Waals surface area contributed by atoms with E-state index in [0.29, 0.717) is 17.4 Å². The molecule has 0 aliphatic rings. The fourth-order valence-electron chi connectivity index (χ4n) is 2.06. The highest BCUT2D eigenvalue weighted by atomic mass is 16.5. The number of methoxy groups -OCH3 is 1. The number of ether oxygens (including phenoxy) is 1. The number of aromatic nitrogens is 2. The standard InChI is InChI=1S/C16H18N4O/c1-12(13-3-5-14(21-2)6-4-13)7-8-19-16-15(11-17)18-9-10-20-16/h3-6,9-10,12H,7-8H2,1-2H3,(H,19,20). The van der Waals surface area contributed by atoms with Gasteiger partial charge in [-0.1, -0.05) is 19.1 Å². The zero-order chi connectivity index (χ0) is 15.1. The summed E-state index contributed by atoms with van der Waals surface area (Å²) in [5.74, 6) is 1.81. The molecule has 1 aromatic heterocycles. The summed E-state index contributed by atoms with van der Waals surface area (Å²) in [5, 5.41) is 12.1. The number of benzene rings is 1. The Morgan fingerprint density at radius 1 is 1.24 bits per heavy atom. The van der Waals surface area contributed by atoms with E-state index in [0.717, 1.165) is 18.7 Å². The maximum absolute atomic E-state index is 8.95. The van der Waals surface area contributed by atoms with Crippen molar-refractivity contribution >= 4 is 5.82 Å². The lowest BCUT2D eigenvalue weighted by Crippen LogP contribution is -2.09. The lowest BCUT2D eigenvalue weighted by molar-refractivity contribution is 0.414. The third-order valence-electron chi connectivity index (χ3n) is 3.36. The van der Waals surface area contributed by atoms with E-state index in [-0.39, 0.29) is 0 Å². The Hall–Kier alpha value is -2.61. The first kappa shape index (κ1) is 14.8. The zero-order valence-corrected chi connectivity index (χ0v) is 12.2. The Morgan fingerprint density at radius 2 is 1.95 bits per heavy atom. The summed E-state index contributed by atoms with van der Waals surface area (Å²) in [6.45, 7) is 2.91. The minimum absolute atomic E-state index is 0.328. The van der Waals surface area contributed by atoms with Gasteiger partial charge in [0, 0.05) is 18.9 Å². The molecule has 0 aliphatic heterocycles. The number of hydrogen-bond donors (Lipinski definition) is 1. The number of rotatable bonds is 6. The van der Waals surface area contributed by atoms with Crippen LogP contribution in [0, 0.1) is 11.3 Å². The molecule has 0 saturated carbocycles. The van der Waals surface area contributed by atoms with Gasteiger partial charge in [-0.2, -0.15) is 5.26 Å². The molecule has 21 heavy (non-hydrogen) atoms. The summed E-state index contributed by atoms with van der Waals surface area (Å²) in [6.07, 6.45) is 4.04. The van der Waals surface area contributed by atoms with E-state index in [2.05, 4.69) is 34.3 Å². The molecule has 1 N–H and O–H groups in total. The van der Waals surface area contributed by atoms with Crippen molar-refractivity contribution < 1.29 is 4.74 Å². The van der Waals surface area contributed by atoms with Crippen LogP contribution in [0.15, 0.2) is 36.7 Å². The number of hydrogen-bond acceptors (Lipinski definition) is 5. The van der Waals surface area contributed by atoms with Crippen LogP contribution in [0.3, 0.4) is 0 Å². The number of anilines is 1. The molecule has 2 aromatic rings. The van der Waals surface area contributed by atoms with Crippen molar-refractivity contribution in [2.75, 3.05) is 19.0 Å². The molecule has 0 aliphatic carbocycles. The van der Waals surface area contributed by atoms with Crippen molar-refractivity contribution in [3.8, 4) is 11.8 Å². The predicted octanol–water partition coefficient (Wildman–Crippen LogP) is 2.96. The average Bonchev–Trinajstić information content (AvgIpc) is 2.55. The largest absolute Gasteiger partial charge is 0.497 e. The van der Waals surface area contributed by atoms with Gasteiger partial charge in [0.05, 0.1) is 7.11 Å². The molecule has 0 amide bonds. The van der Waals surface area contributed by atoms with E-state index in [1.165, 1.54) is 11.8 Å². The monoisotopic (exact) mass is 282 g/mol. The average molecular weight is 282 g/mol. The summed E-state index contributed by atoms with van der Waals surface area (Å²) in [7, 11) is 1.66. The molecule has 2 rings (SSSR count). The number of nitrogens with one attached hydrogen (secondary N) is 1. The first-order valence-electron chi connectivity index (χ1n) is 6.83. The normalized spacial score (nSPS) is 11.5. The van der Waals surface area contributed by atoms with Crippen molar-refractivity contribution in [2.24, 2.45) is 0 Å². The minimum Gasteiger partial charge on any atom is -0.497 e. The Balaban J connectivity index is 1.89. The summed E-state index contributed by atoms with van der Waals surface area (Å²) in [6, 6.07) is 10.1. The molecule has 1 aromatic carbocycles. The Labute approximate surface area is 124 Å². The second kappa shape index (κ2) is 7.25. The van der Waals surface area contributed by atoms with Crippen molar-refractivity contribution in [1.82, 2.24) is 9.97 Å². The highest BCUT2D eigenvalue weighted by molar-refractivity contribution is 5.46. The fraction of sp³-hybridized carbons (Fsp3) is 0.312. The van der Waals surface area contributed by atoms with E-state index in [4.69, 9.17) is 10.00 Å². The van der Waals surface area contributed by atoms with Gasteiger partial charge in [0.25, 0.3) is 0 Å². The molecule has 0 bridgehead atoms. The molecule has 1 heterocycles. The first-order chi connectivity index (χ1) is 10.2. The zero-order valence-electron chi connectivity index (χ0n) is 12.2. The molecule has 0 spiro atoms. The van der Waals surface area contributed by atoms with Crippen molar-refractivity contribution in [1.29, 1.82) is 5.26 Å². The Morgan fingerprint density at radius 3 is 2.62 bits per heavy atom. The van der Waals surface area contributed by atoms with Crippen molar-refractivity contribution in [2.45, 2.75) is 19.3 Å². The van der Waals surface area contributed by atoms with E-state index in [9.17, 15) is 0 Å². The summed E-state index contributed by atoms with van der Waals surface area (Å²) >= 11 is 0. The van der Waals surface area contributed by atoms with E-state index in [1.54, 1.807) is 13.3 Å². The van der Waals surface area contributed by atoms with E-state index < -0.39 is 0 Å². The van der Waals surface area contributed by atoms with Crippen LogP contribution in [-0.4, -0.2) is 23.6 Å². The topological polar surface area (TPSA) is 70.8 Å². The third-order valence-corrected chi connectivity index (χ3v) is 3.36. The van der Waals surface area contributed by atoms with Gasteiger partial charge >= 0.3 is 0 Å². The SMILES string of the molecule is COc1ccc(C(C)CCNc2nccnc2C#N)cc1. The molecular weight excluding hydrogens is 264 g/mol. The van der Waals surface area contributed by atoms with Gasteiger partial charge in [0.1, 0.15) is 11.8 Å². The van der Waals surface area contributed by atoms with Crippen LogP contribution in [0.2, 0.25) is 0 Å². The van der Waals surface area contributed by atoms with E-state index >= 15 is 0 Å². The second-order valence-electron chi connectivity index (χ2n) is 4.76. The molecule has 0 radical (unpaired) electrons. The molecule has 5 heteroatoms. The number of nitriles is 1. The summed E-state index contributed by atoms with van der Waals surface area (Å²) < 4.78 is 5.16. The van der Waals surface area contributed by atoms with Crippen LogP contribution in [-0.2, 0) is 0 Å². The van der Waals surface area contributed by atoms with Crippen LogP contribution in [0.1, 0.15) is 30.5 Å². The van der Waals surface area contributed by atoms with Crippen molar-refractivity contribution in [3.05, 3.63) is 47.9 Å². The second-order valence-corrected chi connectivity index (χ2v) is 4.76. The van der Waals surface area contributed by atoms with Gasteiger partial charge in [0.15, 0.2) is 11.5 Å². The molecule has 0 fully saturated rings. The summed E-state index contributed by atoms with van der Waals surface area (Å²) in [5.41, 5.74) is 1.59. The molecule has 5 nitrogen and oxygen atoms in total. The molecule has 1 unspecified atom stereocenters. The lowest BCUT2D eigenvalue weighted by Gasteiger charge is -2.13. The third kappa shape index (κ3) is 3.93. The highest BCUT2D eigenvalue weighted by Gasteiger charge is 2.07. The molecule has 1 atom stereocenters. The van der Waals surface area contributed by atoms with Gasteiger partial charge < -0.3 is 10.1 Å². The van der Waals surface area contributed by atoms with Crippen LogP contribution in [0.25, 0.3) is 0 Å². The fourth-order valence-corrected chi connectivity index (χ4v) is 2.06. The van der Waals surface area contributed by atoms with Crippen LogP contribution >= 0.6 is 0 Å². The highest BCUT2D eigenvalue weighted by Crippen LogP contribution is 2.21. The minimum atomic E-state index is 0.328. The van der Waals surface area contributed by atoms with Crippen LogP contribution in [0.5, 0.6) is 5.75 Å². The maximum Gasteiger partial charge on any atom is 0.182 e. The maximum atomic E-state index is 8.95. The first-order valence-corrected chi connectivity index (χ1v) is 6.83. The smallest absolute Gasteiger partial charge is 0.182 e. The van der Waals surface area contributed by atoms with Crippen LogP contribution in [0.4, 0.5) is 5.82 Å². The molecule has 108 valence electrons. The molecular formula is C16H18N4O. The Bertz CT molecular complexity index is 619. The lowest BCUT2D eigenvalue weighted by atomic mass is 9.98. The van der Waals surface area contributed by atoms with Gasteiger partial charge in [-0.3, -0.25) is 0 Å².